The number of aliphatic hydroxyl groups excluding tert-OH is 2. The molecule has 0 saturated heterocycles. The summed E-state index contributed by atoms with van der Waals surface area (Å²) in [6.07, 6.45) is -3.98. The molecule has 0 fully saturated rings. The highest BCUT2D eigenvalue weighted by Gasteiger charge is 2.42. The van der Waals surface area contributed by atoms with Crippen LogP contribution in [0.5, 0.6) is 0 Å². The number of rotatable bonds is 15. The molecule has 0 aromatic heterocycles. The van der Waals surface area contributed by atoms with Gasteiger partial charge in [0.1, 0.15) is 24.4 Å². The van der Waals surface area contributed by atoms with Crippen LogP contribution in [0.25, 0.3) is 0 Å². The monoisotopic (exact) mass is 590 g/mol. The molecule has 0 aliphatic rings. The standard InChI is InChI=1S/C32H54O6Si2/c1-31(2,3)39(7,8)37-23-27(35-21-25-17-13-11-14-18-25)29(33)30(34)28(24-38-40(9,10)32(4,5)6)36-22-26-19-15-12-16-20-26/h11-20,27-30,33-34H,21-24H2,1-10H3/t27-,28-,29-,30-/m1/s1. The van der Waals surface area contributed by atoms with Gasteiger partial charge in [-0.3, -0.25) is 0 Å². The van der Waals surface area contributed by atoms with E-state index in [0.717, 1.165) is 11.1 Å². The van der Waals surface area contributed by atoms with Gasteiger partial charge >= 0.3 is 0 Å². The molecule has 0 spiro atoms. The minimum atomic E-state index is -2.13. The van der Waals surface area contributed by atoms with E-state index in [9.17, 15) is 10.2 Å². The van der Waals surface area contributed by atoms with Crippen LogP contribution in [-0.4, -0.2) is 64.5 Å². The molecule has 2 N–H and O–H groups in total. The Balaban J connectivity index is 2.26. The van der Waals surface area contributed by atoms with Gasteiger partial charge in [0.2, 0.25) is 0 Å². The molecule has 0 amide bonds. The Morgan fingerprint density at radius 1 is 0.575 bits per heavy atom. The molecular formula is C32H54O6Si2. The van der Waals surface area contributed by atoms with Crippen LogP contribution in [0.1, 0.15) is 52.7 Å². The Hall–Kier alpha value is -1.37. The normalized spacial score (nSPS) is 16.4. The highest BCUT2D eigenvalue weighted by Crippen LogP contribution is 2.38. The van der Waals surface area contributed by atoms with E-state index in [4.69, 9.17) is 18.3 Å². The largest absolute Gasteiger partial charge is 0.414 e. The third-order valence-electron chi connectivity index (χ3n) is 8.55. The first-order valence-corrected chi connectivity index (χ1v) is 20.2. The van der Waals surface area contributed by atoms with Crippen LogP contribution in [0, 0.1) is 0 Å². The Morgan fingerprint density at radius 3 is 1.15 bits per heavy atom. The van der Waals surface area contributed by atoms with Crippen molar-refractivity contribution in [2.24, 2.45) is 0 Å². The Labute approximate surface area is 245 Å². The number of hydrogen-bond donors (Lipinski definition) is 2. The lowest BCUT2D eigenvalue weighted by Gasteiger charge is -2.40. The van der Waals surface area contributed by atoms with Crippen LogP contribution in [0.3, 0.4) is 0 Å². The van der Waals surface area contributed by atoms with Crippen molar-refractivity contribution in [2.75, 3.05) is 13.2 Å². The van der Waals surface area contributed by atoms with E-state index in [1.807, 2.05) is 60.7 Å². The molecule has 226 valence electrons. The fourth-order valence-electron chi connectivity index (χ4n) is 3.50. The van der Waals surface area contributed by atoms with Gasteiger partial charge in [-0.2, -0.15) is 0 Å². The summed E-state index contributed by atoms with van der Waals surface area (Å²) in [5.74, 6) is 0. The van der Waals surface area contributed by atoms with E-state index in [1.165, 1.54) is 0 Å². The van der Waals surface area contributed by atoms with Crippen molar-refractivity contribution in [1.29, 1.82) is 0 Å². The predicted molar refractivity (Wildman–Crippen MR) is 168 cm³/mol. The number of aliphatic hydroxyl groups is 2. The first-order valence-electron chi connectivity index (χ1n) is 14.4. The van der Waals surface area contributed by atoms with Gasteiger partial charge < -0.3 is 28.5 Å². The SMILES string of the molecule is CC(C)(C)[Si](C)(C)OC[C@@H](OCc1ccccc1)[C@@H](O)[C@H](O)[C@@H](CO[Si](C)(C)C(C)(C)C)OCc1ccccc1. The van der Waals surface area contributed by atoms with E-state index >= 15 is 0 Å². The van der Waals surface area contributed by atoms with Crippen molar-refractivity contribution in [1.82, 2.24) is 0 Å². The summed E-state index contributed by atoms with van der Waals surface area (Å²) in [4.78, 5) is 0. The fraction of sp³-hybridized carbons (Fsp3) is 0.625. The molecular weight excluding hydrogens is 537 g/mol. The predicted octanol–water partition coefficient (Wildman–Crippen LogP) is 6.92. The second kappa shape index (κ2) is 14.7. The molecule has 2 aromatic carbocycles. The molecule has 0 aliphatic heterocycles. The maximum Gasteiger partial charge on any atom is 0.192 e. The molecule has 0 unspecified atom stereocenters. The quantitative estimate of drug-likeness (QED) is 0.219. The molecule has 6 nitrogen and oxygen atoms in total. The van der Waals surface area contributed by atoms with Crippen LogP contribution < -0.4 is 0 Å². The molecule has 40 heavy (non-hydrogen) atoms. The molecule has 2 aromatic rings. The summed E-state index contributed by atoms with van der Waals surface area (Å²) >= 11 is 0. The topological polar surface area (TPSA) is 77.4 Å². The van der Waals surface area contributed by atoms with Gasteiger partial charge in [-0.25, -0.2) is 0 Å². The lowest BCUT2D eigenvalue weighted by Crippen LogP contribution is -2.53. The average Bonchev–Trinajstić information content (AvgIpc) is 2.88. The van der Waals surface area contributed by atoms with E-state index in [1.54, 1.807) is 0 Å². The first-order chi connectivity index (χ1) is 18.4. The third-order valence-corrected chi connectivity index (χ3v) is 17.6. The first kappa shape index (κ1) is 34.8. The van der Waals surface area contributed by atoms with E-state index in [0.29, 0.717) is 13.2 Å². The summed E-state index contributed by atoms with van der Waals surface area (Å²) in [5, 5.41) is 23.1. The maximum absolute atomic E-state index is 11.5. The van der Waals surface area contributed by atoms with Gasteiger partial charge in [-0.1, -0.05) is 102 Å². The molecule has 0 aliphatic carbocycles. The smallest absolute Gasteiger partial charge is 0.192 e. The zero-order chi connectivity index (χ0) is 30.2. The third kappa shape index (κ3) is 10.5. The van der Waals surface area contributed by atoms with Crippen molar-refractivity contribution < 1.29 is 28.5 Å². The van der Waals surface area contributed by atoms with E-state index in [-0.39, 0.29) is 23.3 Å². The Morgan fingerprint density at radius 2 is 0.875 bits per heavy atom. The zero-order valence-corrected chi connectivity index (χ0v) is 28.4. The summed E-state index contributed by atoms with van der Waals surface area (Å²) in [6.45, 7) is 22.7. The lowest BCUT2D eigenvalue weighted by atomic mass is 10.0. The molecule has 0 radical (unpaired) electrons. The van der Waals surface area contributed by atoms with Gasteiger partial charge in [0.05, 0.1) is 26.4 Å². The van der Waals surface area contributed by atoms with Gasteiger partial charge in [0.15, 0.2) is 16.6 Å². The van der Waals surface area contributed by atoms with Crippen molar-refractivity contribution in [3.05, 3.63) is 71.8 Å². The number of hydrogen-bond acceptors (Lipinski definition) is 6. The summed E-state index contributed by atoms with van der Waals surface area (Å²) < 4.78 is 25.4. The fourth-order valence-corrected chi connectivity index (χ4v) is 5.53. The van der Waals surface area contributed by atoms with Crippen molar-refractivity contribution in [2.45, 2.75) is 115 Å². The van der Waals surface area contributed by atoms with Crippen LogP contribution in [-0.2, 0) is 31.5 Å². The minimum absolute atomic E-state index is 0.00111. The van der Waals surface area contributed by atoms with Gasteiger partial charge in [-0.05, 0) is 47.4 Å². The Kier molecular flexibility index (Phi) is 12.8. The van der Waals surface area contributed by atoms with Crippen LogP contribution in [0.4, 0.5) is 0 Å². The minimum Gasteiger partial charge on any atom is -0.414 e. The highest BCUT2D eigenvalue weighted by molar-refractivity contribution is 6.74. The van der Waals surface area contributed by atoms with Gasteiger partial charge in [0, 0.05) is 0 Å². The zero-order valence-electron chi connectivity index (χ0n) is 26.4. The number of benzene rings is 2. The number of ether oxygens (including phenoxy) is 2. The van der Waals surface area contributed by atoms with Crippen LogP contribution in [0.15, 0.2) is 60.7 Å². The molecule has 8 heteroatoms. The summed E-state index contributed by atoms with van der Waals surface area (Å²) in [5.41, 5.74) is 1.97. The van der Waals surface area contributed by atoms with Crippen molar-refractivity contribution in [3.63, 3.8) is 0 Å². The molecule has 2 rings (SSSR count). The van der Waals surface area contributed by atoms with E-state index < -0.39 is 41.1 Å². The molecule has 0 bridgehead atoms. The second-order valence-electron chi connectivity index (χ2n) is 13.8. The Bertz CT molecular complexity index is 904. The average molecular weight is 591 g/mol. The molecule has 0 heterocycles. The summed E-state index contributed by atoms with van der Waals surface area (Å²) in [6, 6.07) is 19.6. The van der Waals surface area contributed by atoms with Crippen LogP contribution in [0.2, 0.25) is 36.3 Å². The van der Waals surface area contributed by atoms with Crippen LogP contribution >= 0.6 is 0 Å². The maximum atomic E-state index is 11.5. The van der Waals surface area contributed by atoms with Crippen molar-refractivity contribution >= 4 is 16.6 Å². The second-order valence-corrected chi connectivity index (χ2v) is 23.4. The lowest BCUT2D eigenvalue weighted by molar-refractivity contribution is -0.157. The van der Waals surface area contributed by atoms with E-state index in [2.05, 4.69) is 67.7 Å². The van der Waals surface area contributed by atoms with Gasteiger partial charge in [0.25, 0.3) is 0 Å². The molecule has 4 atom stereocenters. The highest BCUT2D eigenvalue weighted by atomic mass is 28.4. The molecule has 0 saturated carbocycles. The van der Waals surface area contributed by atoms with Crippen molar-refractivity contribution in [3.8, 4) is 0 Å². The summed E-state index contributed by atoms with van der Waals surface area (Å²) in [7, 11) is -4.25. The van der Waals surface area contributed by atoms with Gasteiger partial charge in [-0.15, -0.1) is 0 Å².